The maximum absolute atomic E-state index is 5.66. The Kier molecular flexibility index (Phi) is 3.59. The molecule has 2 nitrogen and oxygen atoms in total. The third kappa shape index (κ3) is 2.94. The Bertz CT molecular complexity index is 399. The van der Waals surface area contributed by atoms with Crippen LogP contribution in [0, 0.1) is 0 Å². The van der Waals surface area contributed by atoms with Crippen LogP contribution in [0.4, 0.5) is 0 Å². The van der Waals surface area contributed by atoms with E-state index in [2.05, 4.69) is 4.98 Å². The number of aromatic nitrogens is 1. The zero-order valence-electron chi connectivity index (χ0n) is 8.02. The maximum atomic E-state index is 5.66. The first-order valence-electron chi connectivity index (χ1n) is 4.54. The van der Waals surface area contributed by atoms with Crippen molar-refractivity contribution >= 4 is 22.9 Å². The van der Waals surface area contributed by atoms with Crippen LogP contribution in [-0.4, -0.2) is 4.98 Å². The number of pyridine rings is 1. The van der Waals surface area contributed by atoms with Crippen LogP contribution < -0.4 is 4.74 Å². The molecule has 0 aliphatic carbocycles. The molecule has 4 heteroatoms. The molecule has 0 amide bonds. The van der Waals surface area contributed by atoms with E-state index in [-0.39, 0.29) is 0 Å². The summed E-state index contributed by atoms with van der Waals surface area (Å²) >= 11 is 7.33. The van der Waals surface area contributed by atoms with Gasteiger partial charge in [0.1, 0.15) is 6.61 Å². The van der Waals surface area contributed by atoms with Gasteiger partial charge in [-0.2, -0.15) is 0 Å². The van der Waals surface area contributed by atoms with Crippen molar-refractivity contribution in [3.05, 3.63) is 46.3 Å². The van der Waals surface area contributed by atoms with Gasteiger partial charge in [-0.1, -0.05) is 12.1 Å². The third-order valence-electron chi connectivity index (χ3n) is 1.89. The minimum absolute atomic E-state index is 0.484. The molecule has 2 heterocycles. The summed E-state index contributed by atoms with van der Waals surface area (Å²) in [6.45, 7) is 0.574. The molecule has 78 valence electrons. The van der Waals surface area contributed by atoms with Gasteiger partial charge in [-0.05, 0) is 17.0 Å². The van der Waals surface area contributed by atoms with E-state index in [0.29, 0.717) is 18.4 Å². The quantitative estimate of drug-likeness (QED) is 0.763. The summed E-state index contributed by atoms with van der Waals surface area (Å²) in [5.41, 5.74) is 1.00. The number of nitrogens with zero attached hydrogens (tertiary/aromatic N) is 1. The van der Waals surface area contributed by atoms with E-state index in [4.69, 9.17) is 16.3 Å². The first-order chi connectivity index (χ1) is 7.38. The minimum Gasteiger partial charge on any atom is -0.472 e. The highest BCUT2D eigenvalue weighted by Gasteiger charge is 1.98. The summed E-state index contributed by atoms with van der Waals surface area (Å²) in [7, 11) is 0. The van der Waals surface area contributed by atoms with E-state index < -0.39 is 0 Å². The number of rotatable bonds is 4. The van der Waals surface area contributed by atoms with Gasteiger partial charge >= 0.3 is 0 Å². The SMILES string of the molecule is ClCc1ccc(OCc2cccs2)nc1. The van der Waals surface area contributed by atoms with Crippen molar-refractivity contribution in [3.8, 4) is 5.88 Å². The van der Waals surface area contributed by atoms with Crippen molar-refractivity contribution in [1.29, 1.82) is 0 Å². The molecule has 2 rings (SSSR count). The van der Waals surface area contributed by atoms with Gasteiger partial charge in [0.15, 0.2) is 0 Å². The Morgan fingerprint density at radius 1 is 1.33 bits per heavy atom. The molecule has 0 radical (unpaired) electrons. The topological polar surface area (TPSA) is 22.1 Å². The number of hydrogen-bond donors (Lipinski definition) is 0. The van der Waals surface area contributed by atoms with Crippen LogP contribution in [0.25, 0.3) is 0 Å². The molecule has 0 fully saturated rings. The molecule has 0 N–H and O–H groups in total. The summed E-state index contributed by atoms with van der Waals surface area (Å²) in [6, 6.07) is 7.81. The fraction of sp³-hybridized carbons (Fsp3) is 0.182. The van der Waals surface area contributed by atoms with Crippen LogP contribution in [0.2, 0.25) is 0 Å². The number of alkyl halides is 1. The van der Waals surface area contributed by atoms with E-state index in [1.165, 1.54) is 4.88 Å². The summed E-state index contributed by atoms with van der Waals surface area (Å²) in [5.74, 6) is 1.12. The second-order valence-electron chi connectivity index (χ2n) is 3.01. The normalized spacial score (nSPS) is 10.2. The lowest BCUT2D eigenvalue weighted by atomic mass is 10.3. The lowest BCUT2D eigenvalue weighted by Crippen LogP contribution is -1.95. The van der Waals surface area contributed by atoms with Gasteiger partial charge in [-0.25, -0.2) is 4.98 Å². The van der Waals surface area contributed by atoms with Crippen LogP contribution >= 0.6 is 22.9 Å². The fourth-order valence-electron chi connectivity index (χ4n) is 1.12. The highest BCUT2D eigenvalue weighted by molar-refractivity contribution is 7.09. The van der Waals surface area contributed by atoms with Crippen LogP contribution in [0.15, 0.2) is 35.8 Å². The van der Waals surface area contributed by atoms with Gasteiger partial charge < -0.3 is 4.74 Å². The van der Waals surface area contributed by atoms with Crippen molar-refractivity contribution in [1.82, 2.24) is 4.98 Å². The van der Waals surface area contributed by atoms with E-state index in [0.717, 1.165) is 5.56 Å². The van der Waals surface area contributed by atoms with Crippen molar-refractivity contribution < 1.29 is 4.74 Å². The predicted octanol–water partition coefficient (Wildman–Crippen LogP) is 3.46. The van der Waals surface area contributed by atoms with Gasteiger partial charge in [0, 0.05) is 23.0 Å². The Hall–Kier alpha value is -1.06. The largest absolute Gasteiger partial charge is 0.472 e. The Morgan fingerprint density at radius 2 is 2.27 bits per heavy atom. The van der Waals surface area contributed by atoms with Crippen molar-refractivity contribution in [2.45, 2.75) is 12.5 Å². The summed E-state index contributed by atoms with van der Waals surface area (Å²) in [6.07, 6.45) is 1.73. The van der Waals surface area contributed by atoms with Crippen LogP contribution in [0.1, 0.15) is 10.4 Å². The summed E-state index contributed by atoms with van der Waals surface area (Å²) in [4.78, 5) is 5.34. The lowest BCUT2D eigenvalue weighted by molar-refractivity contribution is 0.297. The van der Waals surface area contributed by atoms with Gasteiger partial charge in [-0.15, -0.1) is 22.9 Å². The molecule has 0 atom stereocenters. The molecule has 0 bridgehead atoms. The first kappa shape index (κ1) is 10.5. The fourth-order valence-corrected chi connectivity index (χ4v) is 1.89. The monoisotopic (exact) mass is 239 g/mol. The molecule has 15 heavy (non-hydrogen) atoms. The van der Waals surface area contributed by atoms with E-state index >= 15 is 0 Å². The van der Waals surface area contributed by atoms with Gasteiger partial charge in [0.2, 0.25) is 5.88 Å². The van der Waals surface area contributed by atoms with Crippen molar-refractivity contribution in [3.63, 3.8) is 0 Å². The van der Waals surface area contributed by atoms with E-state index in [1.54, 1.807) is 17.5 Å². The molecule has 2 aromatic heterocycles. The number of ether oxygens (including phenoxy) is 1. The Morgan fingerprint density at radius 3 is 2.87 bits per heavy atom. The van der Waals surface area contributed by atoms with E-state index in [1.807, 2.05) is 29.6 Å². The lowest BCUT2D eigenvalue weighted by Gasteiger charge is -2.03. The Balaban J connectivity index is 1.93. The highest BCUT2D eigenvalue weighted by atomic mass is 35.5. The second-order valence-corrected chi connectivity index (χ2v) is 4.31. The van der Waals surface area contributed by atoms with Gasteiger partial charge in [-0.3, -0.25) is 0 Å². The summed E-state index contributed by atoms with van der Waals surface area (Å²) < 4.78 is 5.51. The van der Waals surface area contributed by atoms with E-state index in [9.17, 15) is 0 Å². The molecular formula is C11H10ClNOS. The minimum atomic E-state index is 0.484. The van der Waals surface area contributed by atoms with Crippen LogP contribution in [0.5, 0.6) is 5.88 Å². The third-order valence-corrected chi connectivity index (χ3v) is 3.05. The van der Waals surface area contributed by atoms with Crippen molar-refractivity contribution in [2.75, 3.05) is 0 Å². The number of thiophene rings is 1. The van der Waals surface area contributed by atoms with Crippen LogP contribution in [-0.2, 0) is 12.5 Å². The molecule has 0 aromatic carbocycles. The molecule has 0 unspecified atom stereocenters. The van der Waals surface area contributed by atoms with Crippen LogP contribution in [0.3, 0.4) is 0 Å². The average Bonchev–Trinajstić information content (AvgIpc) is 2.80. The maximum Gasteiger partial charge on any atom is 0.213 e. The molecule has 2 aromatic rings. The highest BCUT2D eigenvalue weighted by Crippen LogP contribution is 2.14. The second kappa shape index (κ2) is 5.14. The molecule has 0 aliphatic rings. The average molecular weight is 240 g/mol. The number of hydrogen-bond acceptors (Lipinski definition) is 3. The molecule has 0 saturated carbocycles. The summed E-state index contributed by atoms with van der Waals surface area (Å²) in [5, 5.41) is 2.03. The van der Waals surface area contributed by atoms with Gasteiger partial charge in [0.05, 0.1) is 0 Å². The zero-order valence-corrected chi connectivity index (χ0v) is 9.59. The molecular weight excluding hydrogens is 230 g/mol. The van der Waals surface area contributed by atoms with Crippen molar-refractivity contribution in [2.24, 2.45) is 0 Å². The smallest absolute Gasteiger partial charge is 0.213 e. The molecule has 0 saturated heterocycles. The first-order valence-corrected chi connectivity index (χ1v) is 5.96. The Labute approximate surface area is 97.5 Å². The zero-order chi connectivity index (χ0) is 10.5. The predicted molar refractivity (Wildman–Crippen MR) is 62.4 cm³/mol. The molecule has 0 aliphatic heterocycles. The molecule has 0 spiro atoms. The number of halogens is 1. The van der Waals surface area contributed by atoms with Gasteiger partial charge in [0.25, 0.3) is 0 Å². The standard InChI is InChI=1S/C11H10ClNOS/c12-6-9-3-4-11(13-7-9)14-8-10-2-1-5-15-10/h1-5,7H,6,8H2.